The van der Waals surface area contributed by atoms with Gasteiger partial charge in [-0.1, -0.05) is 12.2 Å². The summed E-state index contributed by atoms with van der Waals surface area (Å²) in [6, 6.07) is 1.96. The number of hydrogen-bond acceptors (Lipinski definition) is 4. The molecular formula is C10H11N5S. The summed E-state index contributed by atoms with van der Waals surface area (Å²) < 4.78 is 1.69. The first-order valence-corrected chi connectivity index (χ1v) is 5.15. The Balaban J connectivity index is 2.64. The van der Waals surface area contributed by atoms with Crippen LogP contribution in [0.2, 0.25) is 0 Å². The van der Waals surface area contributed by atoms with Gasteiger partial charge in [-0.25, -0.2) is 14.6 Å². The fourth-order valence-corrected chi connectivity index (χ4v) is 1.65. The van der Waals surface area contributed by atoms with E-state index in [1.165, 1.54) is 0 Å². The highest BCUT2D eigenvalue weighted by molar-refractivity contribution is 7.80. The Hall–Kier alpha value is -1.82. The van der Waals surface area contributed by atoms with Gasteiger partial charge in [-0.2, -0.15) is 5.10 Å². The van der Waals surface area contributed by atoms with Crippen LogP contribution in [0, 0.1) is 13.8 Å². The molecule has 0 aromatic carbocycles. The molecular weight excluding hydrogens is 222 g/mol. The van der Waals surface area contributed by atoms with Gasteiger partial charge in [0.2, 0.25) is 0 Å². The average molecular weight is 233 g/mol. The van der Waals surface area contributed by atoms with Crippen LogP contribution in [0.4, 0.5) is 0 Å². The van der Waals surface area contributed by atoms with Crippen molar-refractivity contribution in [3.8, 4) is 5.82 Å². The summed E-state index contributed by atoms with van der Waals surface area (Å²) in [5.74, 6) is 0.570. The third kappa shape index (κ3) is 1.79. The maximum Gasteiger partial charge on any atom is 0.182 e. The summed E-state index contributed by atoms with van der Waals surface area (Å²) in [6.07, 6.45) is 3.15. The van der Waals surface area contributed by atoms with Crippen LogP contribution in [-0.4, -0.2) is 24.7 Å². The van der Waals surface area contributed by atoms with Gasteiger partial charge in [0.25, 0.3) is 0 Å². The molecule has 0 amide bonds. The van der Waals surface area contributed by atoms with Crippen LogP contribution < -0.4 is 5.73 Å². The zero-order chi connectivity index (χ0) is 11.7. The molecule has 0 bridgehead atoms. The van der Waals surface area contributed by atoms with E-state index in [9.17, 15) is 0 Å². The molecule has 2 heterocycles. The lowest BCUT2D eigenvalue weighted by molar-refractivity contribution is 0.796. The summed E-state index contributed by atoms with van der Waals surface area (Å²) in [6.45, 7) is 3.86. The predicted octanol–water partition coefficient (Wildman–Crippen LogP) is 0.913. The van der Waals surface area contributed by atoms with E-state index in [4.69, 9.17) is 18.0 Å². The van der Waals surface area contributed by atoms with Gasteiger partial charge in [0.1, 0.15) is 10.7 Å². The fraction of sp³-hybridized carbons (Fsp3) is 0.200. The van der Waals surface area contributed by atoms with E-state index in [-0.39, 0.29) is 4.99 Å². The molecule has 82 valence electrons. The highest BCUT2D eigenvalue weighted by Crippen LogP contribution is 2.12. The van der Waals surface area contributed by atoms with Crippen LogP contribution in [0.5, 0.6) is 0 Å². The van der Waals surface area contributed by atoms with Gasteiger partial charge in [-0.3, -0.25) is 0 Å². The van der Waals surface area contributed by atoms with E-state index in [0.29, 0.717) is 11.5 Å². The van der Waals surface area contributed by atoms with Crippen molar-refractivity contribution in [2.75, 3.05) is 0 Å². The molecule has 0 aliphatic heterocycles. The molecule has 2 N–H and O–H groups in total. The first-order valence-electron chi connectivity index (χ1n) is 4.74. The third-order valence-electron chi connectivity index (χ3n) is 2.12. The van der Waals surface area contributed by atoms with Crippen molar-refractivity contribution in [3.63, 3.8) is 0 Å². The van der Waals surface area contributed by atoms with Gasteiger partial charge in [-0.15, -0.1) is 0 Å². The van der Waals surface area contributed by atoms with E-state index >= 15 is 0 Å². The number of nitrogens with zero attached hydrogens (tertiary/aromatic N) is 4. The highest BCUT2D eigenvalue weighted by atomic mass is 32.1. The minimum Gasteiger partial charge on any atom is -0.388 e. The molecule has 0 unspecified atom stereocenters. The Morgan fingerprint density at radius 2 is 2.00 bits per heavy atom. The van der Waals surface area contributed by atoms with E-state index < -0.39 is 0 Å². The predicted molar refractivity (Wildman–Crippen MR) is 64.5 cm³/mol. The third-order valence-corrected chi connectivity index (χ3v) is 2.32. The van der Waals surface area contributed by atoms with Crippen LogP contribution in [0.25, 0.3) is 5.82 Å². The van der Waals surface area contributed by atoms with E-state index in [1.54, 1.807) is 17.1 Å². The Bertz CT molecular complexity index is 546. The summed E-state index contributed by atoms with van der Waals surface area (Å²) in [4.78, 5) is 8.55. The number of nitrogens with two attached hydrogens (primary N) is 1. The van der Waals surface area contributed by atoms with Crippen molar-refractivity contribution in [2.45, 2.75) is 13.8 Å². The number of aromatic nitrogens is 4. The van der Waals surface area contributed by atoms with Crippen LogP contribution in [-0.2, 0) is 0 Å². The molecule has 2 rings (SSSR count). The standard InChI is InChI=1S/C10H11N5S/c1-6-5-7(2)15(14-6)10-8(9(11)16)12-3-4-13-10/h3-5H,1-2H3,(H2,11,16). The Kier molecular flexibility index (Phi) is 2.66. The molecule has 5 nitrogen and oxygen atoms in total. The Morgan fingerprint density at radius 1 is 1.31 bits per heavy atom. The highest BCUT2D eigenvalue weighted by Gasteiger charge is 2.12. The molecule has 0 atom stereocenters. The molecule has 0 radical (unpaired) electrons. The molecule has 2 aromatic heterocycles. The van der Waals surface area contributed by atoms with Crippen LogP contribution in [0.3, 0.4) is 0 Å². The lowest BCUT2D eigenvalue weighted by Crippen LogP contribution is -2.17. The van der Waals surface area contributed by atoms with E-state index in [2.05, 4.69) is 15.1 Å². The SMILES string of the molecule is Cc1cc(C)n(-c2nccnc2C(N)=S)n1. The number of hydrogen-bond donors (Lipinski definition) is 1. The number of thiocarbonyl (C=S) groups is 1. The lowest BCUT2D eigenvalue weighted by atomic mass is 10.3. The Morgan fingerprint density at radius 3 is 2.56 bits per heavy atom. The minimum atomic E-state index is 0.218. The summed E-state index contributed by atoms with van der Waals surface area (Å²) in [5, 5.41) is 4.32. The second-order valence-electron chi connectivity index (χ2n) is 3.43. The monoisotopic (exact) mass is 233 g/mol. The van der Waals surface area contributed by atoms with E-state index in [1.807, 2.05) is 19.9 Å². The van der Waals surface area contributed by atoms with Crippen molar-refractivity contribution in [1.29, 1.82) is 0 Å². The summed E-state index contributed by atoms with van der Waals surface area (Å²) in [7, 11) is 0. The molecule has 16 heavy (non-hydrogen) atoms. The molecule has 0 saturated carbocycles. The van der Waals surface area contributed by atoms with Crippen molar-refractivity contribution < 1.29 is 0 Å². The van der Waals surface area contributed by atoms with Crippen LogP contribution in [0.15, 0.2) is 18.5 Å². The number of rotatable bonds is 2. The van der Waals surface area contributed by atoms with Crippen molar-refractivity contribution in [3.05, 3.63) is 35.5 Å². The van der Waals surface area contributed by atoms with Gasteiger partial charge >= 0.3 is 0 Å². The zero-order valence-corrected chi connectivity index (χ0v) is 9.82. The summed E-state index contributed by atoms with van der Waals surface area (Å²) in [5.41, 5.74) is 7.97. The second kappa shape index (κ2) is 3.97. The van der Waals surface area contributed by atoms with Crippen LogP contribution in [0.1, 0.15) is 17.1 Å². The molecule has 0 saturated heterocycles. The fourth-order valence-electron chi connectivity index (χ4n) is 1.50. The van der Waals surface area contributed by atoms with Crippen molar-refractivity contribution in [1.82, 2.24) is 19.7 Å². The first kappa shape index (κ1) is 10.7. The molecule has 6 heteroatoms. The van der Waals surface area contributed by atoms with Gasteiger partial charge in [0.05, 0.1) is 5.69 Å². The second-order valence-corrected chi connectivity index (χ2v) is 3.87. The van der Waals surface area contributed by atoms with Gasteiger partial charge in [0, 0.05) is 18.1 Å². The smallest absolute Gasteiger partial charge is 0.182 e. The lowest BCUT2D eigenvalue weighted by Gasteiger charge is -2.06. The zero-order valence-electron chi connectivity index (χ0n) is 9.01. The molecule has 0 aliphatic carbocycles. The van der Waals surface area contributed by atoms with Gasteiger partial charge in [0.15, 0.2) is 5.82 Å². The quantitative estimate of drug-likeness (QED) is 0.781. The maximum atomic E-state index is 5.60. The number of aryl methyl sites for hydroxylation is 2. The molecule has 0 spiro atoms. The Labute approximate surface area is 98.3 Å². The first-order chi connectivity index (χ1) is 7.59. The minimum absolute atomic E-state index is 0.218. The van der Waals surface area contributed by atoms with Gasteiger partial charge in [-0.05, 0) is 19.9 Å². The topological polar surface area (TPSA) is 69.6 Å². The summed E-state index contributed by atoms with van der Waals surface area (Å²) >= 11 is 4.93. The normalized spacial score (nSPS) is 10.4. The molecule has 0 fully saturated rings. The largest absolute Gasteiger partial charge is 0.388 e. The average Bonchev–Trinajstić information content (AvgIpc) is 2.57. The van der Waals surface area contributed by atoms with E-state index in [0.717, 1.165) is 11.4 Å². The molecule has 2 aromatic rings. The molecule has 0 aliphatic rings. The van der Waals surface area contributed by atoms with Crippen molar-refractivity contribution >= 4 is 17.2 Å². The van der Waals surface area contributed by atoms with Crippen LogP contribution >= 0.6 is 12.2 Å². The maximum absolute atomic E-state index is 5.60. The van der Waals surface area contributed by atoms with Gasteiger partial charge < -0.3 is 5.73 Å². The van der Waals surface area contributed by atoms with Crippen molar-refractivity contribution in [2.24, 2.45) is 5.73 Å².